The van der Waals surface area contributed by atoms with Crippen molar-refractivity contribution >= 4 is 11.7 Å². The summed E-state index contributed by atoms with van der Waals surface area (Å²) >= 11 is 0. The summed E-state index contributed by atoms with van der Waals surface area (Å²) < 4.78 is 13.1. The maximum absolute atomic E-state index is 13.1. The van der Waals surface area contributed by atoms with Crippen molar-refractivity contribution in [2.75, 3.05) is 32.5 Å². The molecule has 0 saturated heterocycles. The predicted octanol–water partition coefficient (Wildman–Crippen LogP) is 3.73. The zero-order valence-corrected chi connectivity index (χ0v) is 14.4. The number of halogens is 1. The summed E-state index contributed by atoms with van der Waals surface area (Å²) in [5.74, 6) is -0.275. The van der Waals surface area contributed by atoms with E-state index in [1.54, 1.807) is 17.0 Å². The lowest BCUT2D eigenvalue weighted by molar-refractivity contribution is 0.202. The summed E-state index contributed by atoms with van der Waals surface area (Å²) in [5.41, 5.74) is 2.80. The first-order valence-corrected chi connectivity index (χ1v) is 7.96. The van der Waals surface area contributed by atoms with Gasteiger partial charge in [-0.2, -0.15) is 0 Å². The molecule has 0 aliphatic rings. The zero-order chi connectivity index (χ0) is 17.5. The van der Waals surface area contributed by atoms with Crippen LogP contribution in [-0.4, -0.2) is 43.0 Å². The smallest absolute Gasteiger partial charge is 0.319 e. The number of urea groups is 1. The fourth-order valence-electron chi connectivity index (χ4n) is 2.22. The Bertz CT molecular complexity index is 653. The molecule has 2 amide bonds. The van der Waals surface area contributed by atoms with Gasteiger partial charge >= 0.3 is 6.03 Å². The van der Waals surface area contributed by atoms with E-state index < -0.39 is 0 Å². The number of nitrogens with zero attached hydrogens (tertiary/aromatic N) is 2. The van der Waals surface area contributed by atoms with Gasteiger partial charge in [0.05, 0.1) is 0 Å². The van der Waals surface area contributed by atoms with Crippen LogP contribution < -0.4 is 5.32 Å². The van der Waals surface area contributed by atoms with E-state index in [0.717, 1.165) is 23.4 Å². The molecule has 0 aliphatic heterocycles. The minimum atomic E-state index is -0.275. The second kappa shape index (κ2) is 8.45. The highest BCUT2D eigenvalue weighted by Crippen LogP contribution is 2.12. The SMILES string of the molecule is Cc1ccc(NC(=O)N(CCN(C)C)Cc2ccc(F)cc2)cc1. The van der Waals surface area contributed by atoms with Crippen molar-refractivity contribution in [3.8, 4) is 0 Å². The molecule has 1 N–H and O–H groups in total. The number of nitrogens with one attached hydrogen (secondary N) is 1. The molecule has 0 aliphatic carbocycles. The molecule has 0 atom stereocenters. The second-order valence-electron chi connectivity index (χ2n) is 6.15. The van der Waals surface area contributed by atoms with Gasteiger partial charge in [-0.25, -0.2) is 9.18 Å². The predicted molar refractivity (Wildman–Crippen MR) is 95.6 cm³/mol. The fraction of sp³-hybridized carbons (Fsp3) is 0.316. The summed E-state index contributed by atoms with van der Waals surface area (Å²) in [6.07, 6.45) is 0. The number of carbonyl (C=O) groups excluding carboxylic acids is 1. The van der Waals surface area contributed by atoms with Gasteiger partial charge in [-0.05, 0) is 50.8 Å². The molecule has 24 heavy (non-hydrogen) atoms. The van der Waals surface area contributed by atoms with Gasteiger partial charge in [-0.15, -0.1) is 0 Å². The first-order chi connectivity index (χ1) is 11.4. The Kier molecular flexibility index (Phi) is 6.32. The highest BCUT2D eigenvalue weighted by Gasteiger charge is 2.14. The van der Waals surface area contributed by atoms with Gasteiger partial charge in [-0.1, -0.05) is 29.8 Å². The Hall–Kier alpha value is -2.40. The maximum Gasteiger partial charge on any atom is 0.322 e. The van der Waals surface area contributed by atoms with Gasteiger partial charge in [-0.3, -0.25) is 0 Å². The standard InChI is InChI=1S/C19H24FN3O/c1-15-4-10-18(11-5-15)21-19(24)23(13-12-22(2)3)14-16-6-8-17(20)9-7-16/h4-11H,12-14H2,1-3H3,(H,21,24). The minimum Gasteiger partial charge on any atom is -0.319 e. The van der Waals surface area contributed by atoms with Crippen LogP contribution in [0.5, 0.6) is 0 Å². The quantitative estimate of drug-likeness (QED) is 0.876. The normalized spacial score (nSPS) is 10.7. The molecule has 0 fully saturated rings. The highest BCUT2D eigenvalue weighted by molar-refractivity contribution is 5.89. The fourth-order valence-corrected chi connectivity index (χ4v) is 2.22. The molecule has 4 nitrogen and oxygen atoms in total. The Morgan fingerprint density at radius 2 is 1.62 bits per heavy atom. The van der Waals surface area contributed by atoms with Crippen LogP contribution in [0.25, 0.3) is 0 Å². The highest BCUT2D eigenvalue weighted by atomic mass is 19.1. The van der Waals surface area contributed by atoms with Gasteiger partial charge in [0.15, 0.2) is 0 Å². The molecule has 5 heteroatoms. The number of hydrogen-bond acceptors (Lipinski definition) is 2. The first-order valence-electron chi connectivity index (χ1n) is 7.96. The Morgan fingerprint density at radius 1 is 1.00 bits per heavy atom. The number of rotatable bonds is 6. The number of hydrogen-bond donors (Lipinski definition) is 1. The van der Waals surface area contributed by atoms with E-state index in [4.69, 9.17) is 0 Å². The van der Waals surface area contributed by atoms with Gasteiger partial charge in [0.25, 0.3) is 0 Å². The molecule has 2 rings (SSSR count). The van der Waals surface area contributed by atoms with Crippen molar-refractivity contribution in [1.82, 2.24) is 9.80 Å². The lowest BCUT2D eigenvalue weighted by Gasteiger charge is -2.25. The third-order valence-corrected chi connectivity index (χ3v) is 3.69. The van der Waals surface area contributed by atoms with Crippen LogP contribution in [0, 0.1) is 12.7 Å². The molecular weight excluding hydrogens is 305 g/mol. The van der Waals surface area contributed by atoms with Crippen molar-refractivity contribution < 1.29 is 9.18 Å². The summed E-state index contributed by atoms with van der Waals surface area (Å²) in [7, 11) is 3.93. The van der Waals surface area contributed by atoms with Crippen LogP contribution in [0.4, 0.5) is 14.9 Å². The molecule has 0 aromatic heterocycles. The van der Waals surface area contributed by atoms with Gasteiger partial charge in [0.2, 0.25) is 0 Å². The van der Waals surface area contributed by atoms with Crippen LogP contribution in [-0.2, 0) is 6.54 Å². The molecule has 0 saturated carbocycles. The largest absolute Gasteiger partial charge is 0.322 e. The minimum absolute atomic E-state index is 0.162. The van der Waals surface area contributed by atoms with Crippen molar-refractivity contribution in [2.24, 2.45) is 0 Å². The molecule has 0 heterocycles. The first kappa shape index (κ1) is 17.9. The van der Waals surface area contributed by atoms with Gasteiger partial charge in [0, 0.05) is 25.3 Å². The van der Waals surface area contributed by atoms with Gasteiger partial charge in [0.1, 0.15) is 5.82 Å². The topological polar surface area (TPSA) is 35.6 Å². The van der Waals surface area contributed by atoms with E-state index in [1.165, 1.54) is 12.1 Å². The van der Waals surface area contributed by atoms with E-state index in [2.05, 4.69) is 5.32 Å². The van der Waals surface area contributed by atoms with Crippen LogP contribution in [0.3, 0.4) is 0 Å². The Labute approximate surface area is 142 Å². The summed E-state index contributed by atoms with van der Waals surface area (Å²) in [6, 6.07) is 13.8. The number of amides is 2. The van der Waals surface area contributed by atoms with Crippen LogP contribution in [0.2, 0.25) is 0 Å². The molecule has 0 bridgehead atoms. The summed E-state index contributed by atoms with van der Waals surface area (Å²) in [6.45, 7) is 3.78. The Balaban J connectivity index is 2.07. The molecular formula is C19H24FN3O. The number of anilines is 1. The number of likely N-dealkylation sites (N-methyl/N-ethyl adjacent to an activating group) is 1. The van der Waals surface area contributed by atoms with E-state index in [-0.39, 0.29) is 11.8 Å². The molecule has 0 radical (unpaired) electrons. The summed E-state index contributed by atoms with van der Waals surface area (Å²) in [5, 5.41) is 2.92. The third kappa shape index (κ3) is 5.66. The van der Waals surface area contributed by atoms with Crippen LogP contribution >= 0.6 is 0 Å². The third-order valence-electron chi connectivity index (χ3n) is 3.69. The number of carbonyl (C=O) groups is 1. The van der Waals surface area contributed by atoms with Crippen molar-refractivity contribution in [1.29, 1.82) is 0 Å². The van der Waals surface area contributed by atoms with E-state index in [1.807, 2.05) is 50.2 Å². The van der Waals surface area contributed by atoms with Gasteiger partial charge < -0.3 is 15.1 Å². The second-order valence-corrected chi connectivity index (χ2v) is 6.15. The monoisotopic (exact) mass is 329 g/mol. The molecule has 0 spiro atoms. The van der Waals surface area contributed by atoms with E-state index in [9.17, 15) is 9.18 Å². The number of benzene rings is 2. The average Bonchev–Trinajstić information content (AvgIpc) is 2.55. The van der Waals surface area contributed by atoms with Crippen LogP contribution in [0.1, 0.15) is 11.1 Å². The van der Waals surface area contributed by atoms with E-state index >= 15 is 0 Å². The molecule has 2 aromatic rings. The molecule has 128 valence electrons. The van der Waals surface area contributed by atoms with Crippen LogP contribution in [0.15, 0.2) is 48.5 Å². The summed E-state index contributed by atoms with van der Waals surface area (Å²) in [4.78, 5) is 16.4. The Morgan fingerprint density at radius 3 is 2.21 bits per heavy atom. The lowest BCUT2D eigenvalue weighted by atomic mass is 10.2. The average molecular weight is 329 g/mol. The van der Waals surface area contributed by atoms with Crippen molar-refractivity contribution in [2.45, 2.75) is 13.5 Å². The molecule has 0 unspecified atom stereocenters. The lowest BCUT2D eigenvalue weighted by Crippen LogP contribution is -2.39. The maximum atomic E-state index is 13.1. The molecule has 2 aromatic carbocycles. The van der Waals surface area contributed by atoms with Crippen molar-refractivity contribution in [3.05, 3.63) is 65.5 Å². The van der Waals surface area contributed by atoms with E-state index in [0.29, 0.717) is 13.1 Å². The number of aryl methyl sites for hydroxylation is 1. The zero-order valence-electron chi connectivity index (χ0n) is 14.4. The van der Waals surface area contributed by atoms with Crippen molar-refractivity contribution in [3.63, 3.8) is 0 Å².